The molecule has 1 fully saturated rings. The Morgan fingerprint density at radius 1 is 1.16 bits per heavy atom. The van der Waals surface area contributed by atoms with Crippen LogP contribution in [0.3, 0.4) is 0 Å². The Labute approximate surface area is 113 Å². The zero-order valence-corrected chi connectivity index (χ0v) is 11.3. The molecule has 0 atom stereocenters. The van der Waals surface area contributed by atoms with Crippen LogP contribution >= 0.6 is 0 Å². The van der Waals surface area contributed by atoms with Gasteiger partial charge in [-0.2, -0.15) is 8.78 Å². The number of nitrogens with one attached hydrogen (secondary N) is 1. The smallest absolute Gasteiger partial charge is 0.387 e. The topological polar surface area (TPSA) is 21.3 Å². The second-order valence-corrected chi connectivity index (χ2v) is 5.50. The summed E-state index contributed by atoms with van der Waals surface area (Å²) >= 11 is 0. The monoisotopic (exact) mass is 269 g/mol. The van der Waals surface area contributed by atoms with Gasteiger partial charge < -0.3 is 10.1 Å². The summed E-state index contributed by atoms with van der Waals surface area (Å²) in [4.78, 5) is 0. The summed E-state index contributed by atoms with van der Waals surface area (Å²) in [6.07, 6.45) is 6.31. The van der Waals surface area contributed by atoms with Crippen LogP contribution in [0.5, 0.6) is 5.75 Å². The summed E-state index contributed by atoms with van der Waals surface area (Å²) in [6, 6.07) is 6.84. The summed E-state index contributed by atoms with van der Waals surface area (Å²) < 4.78 is 28.4. The molecule has 0 amide bonds. The van der Waals surface area contributed by atoms with Gasteiger partial charge in [0.2, 0.25) is 0 Å². The first kappa shape index (κ1) is 14.3. The van der Waals surface area contributed by atoms with E-state index in [0.717, 1.165) is 12.1 Å². The molecule has 1 aromatic rings. The third-order valence-electron chi connectivity index (χ3n) is 3.82. The van der Waals surface area contributed by atoms with E-state index in [4.69, 9.17) is 0 Å². The number of hydrogen-bond donors (Lipinski definition) is 1. The van der Waals surface area contributed by atoms with Gasteiger partial charge in [0.05, 0.1) is 0 Å². The number of benzene rings is 1. The van der Waals surface area contributed by atoms with E-state index < -0.39 is 6.61 Å². The molecule has 0 heterocycles. The Kier molecular flexibility index (Phi) is 4.75. The van der Waals surface area contributed by atoms with Gasteiger partial charge in [-0.1, -0.05) is 31.4 Å². The molecule has 0 radical (unpaired) electrons. The van der Waals surface area contributed by atoms with Gasteiger partial charge in [-0.15, -0.1) is 0 Å². The van der Waals surface area contributed by atoms with Gasteiger partial charge in [-0.3, -0.25) is 0 Å². The number of alkyl halides is 2. The maximum atomic E-state index is 12.0. The molecule has 1 saturated carbocycles. The first-order valence-corrected chi connectivity index (χ1v) is 6.86. The van der Waals surface area contributed by atoms with Gasteiger partial charge in [0.1, 0.15) is 5.75 Å². The van der Waals surface area contributed by atoms with Crippen molar-refractivity contribution in [1.29, 1.82) is 0 Å². The highest BCUT2D eigenvalue weighted by Gasteiger charge is 2.25. The highest BCUT2D eigenvalue weighted by molar-refractivity contribution is 5.27. The van der Waals surface area contributed by atoms with Gasteiger partial charge in [-0.05, 0) is 37.5 Å². The second kappa shape index (κ2) is 6.33. The molecule has 4 heteroatoms. The Balaban J connectivity index is 1.85. The van der Waals surface area contributed by atoms with Gasteiger partial charge in [0.15, 0.2) is 0 Å². The van der Waals surface area contributed by atoms with Crippen molar-refractivity contribution >= 4 is 0 Å². The Bertz CT molecular complexity index is 386. The summed E-state index contributed by atoms with van der Waals surface area (Å²) in [5.74, 6) is 0.211. The predicted octanol–water partition coefficient (Wildman–Crippen LogP) is 4.10. The average Bonchev–Trinajstić information content (AvgIpc) is 2.38. The van der Waals surface area contributed by atoms with E-state index in [2.05, 4.69) is 17.0 Å². The van der Waals surface area contributed by atoms with E-state index in [9.17, 15) is 8.78 Å². The summed E-state index contributed by atoms with van der Waals surface area (Å²) in [5.41, 5.74) is 1.31. The molecule has 0 saturated heterocycles. The van der Waals surface area contributed by atoms with Crippen LogP contribution in [-0.4, -0.2) is 12.2 Å². The van der Waals surface area contributed by atoms with E-state index in [1.807, 2.05) is 12.1 Å². The molecule has 2 rings (SSSR count). The van der Waals surface area contributed by atoms with Crippen LogP contribution in [0.2, 0.25) is 0 Å². The standard InChI is InChI=1S/C15H21F2NO/c1-15(9-3-2-4-10-15)18-11-12-5-7-13(8-6-12)19-14(16)17/h5-8,14,18H,2-4,9-11H2,1H3. The molecule has 1 N–H and O–H groups in total. The van der Waals surface area contributed by atoms with Crippen LogP contribution < -0.4 is 10.1 Å². The van der Waals surface area contributed by atoms with Crippen molar-refractivity contribution in [3.05, 3.63) is 29.8 Å². The quantitative estimate of drug-likeness (QED) is 0.869. The van der Waals surface area contributed by atoms with E-state index >= 15 is 0 Å². The minimum Gasteiger partial charge on any atom is -0.435 e. The van der Waals surface area contributed by atoms with Crippen LogP contribution in [0.4, 0.5) is 8.78 Å². The second-order valence-electron chi connectivity index (χ2n) is 5.50. The van der Waals surface area contributed by atoms with E-state index in [-0.39, 0.29) is 11.3 Å². The van der Waals surface area contributed by atoms with Crippen molar-refractivity contribution in [2.24, 2.45) is 0 Å². The summed E-state index contributed by atoms with van der Waals surface area (Å²) in [5, 5.41) is 3.59. The van der Waals surface area contributed by atoms with Gasteiger partial charge >= 0.3 is 6.61 Å². The molecule has 0 bridgehead atoms. The summed E-state index contributed by atoms with van der Waals surface area (Å²) in [6.45, 7) is 0.274. The minimum absolute atomic E-state index is 0.211. The largest absolute Gasteiger partial charge is 0.435 e. The number of halogens is 2. The van der Waals surface area contributed by atoms with Gasteiger partial charge in [0.25, 0.3) is 0 Å². The molecular weight excluding hydrogens is 248 g/mol. The lowest BCUT2D eigenvalue weighted by Gasteiger charge is -2.34. The molecule has 1 aliphatic rings. The van der Waals surface area contributed by atoms with Crippen molar-refractivity contribution in [3.63, 3.8) is 0 Å². The van der Waals surface area contributed by atoms with E-state index in [1.165, 1.54) is 32.1 Å². The van der Waals surface area contributed by atoms with Crippen LogP contribution in [-0.2, 0) is 6.54 Å². The van der Waals surface area contributed by atoms with Crippen molar-refractivity contribution in [2.45, 2.75) is 57.7 Å². The zero-order valence-electron chi connectivity index (χ0n) is 11.3. The molecule has 106 valence electrons. The van der Waals surface area contributed by atoms with Crippen molar-refractivity contribution < 1.29 is 13.5 Å². The van der Waals surface area contributed by atoms with Crippen molar-refractivity contribution in [2.75, 3.05) is 0 Å². The first-order valence-electron chi connectivity index (χ1n) is 6.86. The SMILES string of the molecule is CC1(NCc2ccc(OC(F)F)cc2)CCCCC1. The number of hydrogen-bond acceptors (Lipinski definition) is 2. The zero-order chi connectivity index (χ0) is 13.7. The molecular formula is C15H21F2NO. The molecule has 0 aromatic heterocycles. The maximum absolute atomic E-state index is 12.0. The lowest BCUT2D eigenvalue weighted by molar-refractivity contribution is -0.0498. The first-order chi connectivity index (χ1) is 9.07. The van der Waals surface area contributed by atoms with E-state index in [1.54, 1.807) is 12.1 Å². The molecule has 2 nitrogen and oxygen atoms in total. The van der Waals surface area contributed by atoms with Crippen LogP contribution in [0.1, 0.15) is 44.6 Å². The van der Waals surface area contributed by atoms with Crippen molar-refractivity contribution in [1.82, 2.24) is 5.32 Å². The number of rotatable bonds is 5. The van der Waals surface area contributed by atoms with E-state index in [0.29, 0.717) is 0 Å². The Hall–Kier alpha value is -1.16. The number of ether oxygens (including phenoxy) is 1. The molecule has 0 spiro atoms. The Morgan fingerprint density at radius 2 is 1.79 bits per heavy atom. The lowest BCUT2D eigenvalue weighted by atomic mass is 9.83. The predicted molar refractivity (Wildman–Crippen MR) is 71.4 cm³/mol. The molecule has 0 aliphatic heterocycles. The van der Waals surface area contributed by atoms with Gasteiger partial charge in [0, 0.05) is 12.1 Å². The fourth-order valence-electron chi connectivity index (χ4n) is 2.61. The summed E-state index contributed by atoms with van der Waals surface area (Å²) in [7, 11) is 0. The van der Waals surface area contributed by atoms with Crippen LogP contribution in [0.15, 0.2) is 24.3 Å². The third-order valence-corrected chi connectivity index (χ3v) is 3.82. The molecule has 1 aliphatic carbocycles. The molecule has 0 unspecified atom stereocenters. The fourth-order valence-corrected chi connectivity index (χ4v) is 2.61. The fraction of sp³-hybridized carbons (Fsp3) is 0.600. The highest BCUT2D eigenvalue weighted by atomic mass is 19.3. The van der Waals surface area contributed by atoms with Crippen LogP contribution in [0.25, 0.3) is 0 Å². The minimum atomic E-state index is -2.76. The molecule has 19 heavy (non-hydrogen) atoms. The normalized spacial score (nSPS) is 18.5. The van der Waals surface area contributed by atoms with Gasteiger partial charge in [-0.25, -0.2) is 0 Å². The average molecular weight is 269 g/mol. The lowest BCUT2D eigenvalue weighted by Crippen LogP contribution is -2.43. The third kappa shape index (κ3) is 4.46. The highest BCUT2D eigenvalue weighted by Crippen LogP contribution is 2.28. The molecule has 1 aromatic carbocycles. The van der Waals surface area contributed by atoms with Crippen LogP contribution in [0, 0.1) is 0 Å². The van der Waals surface area contributed by atoms with Crippen molar-refractivity contribution in [3.8, 4) is 5.75 Å². The maximum Gasteiger partial charge on any atom is 0.387 e. The Morgan fingerprint density at radius 3 is 2.37 bits per heavy atom.